The van der Waals surface area contributed by atoms with Gasteiger partial charge in [-0.2, -0.15) is 5.10 Å². The molecule has 1 N–H and O–H groups in total. The van der Waals surface area contributed by atoms with E-state index in [0.717, 1.165) is 22.0 Å². The number of fused-ring (bicyclic) bond motifs is 3. The number of ether oxygens (including phenoxy) is 2. The Morgan fingerprint density at radius 3 is 3.19 bits per heavy atom. The first-order valence-corrected chi connectivity index (χ1v) is 6.57. The van der Waals surface area contributed by atoms with E-state index in [9.17, 15) is 9.59 Å². The summed E-state index contributed by atoms with van der Waals surface area (Å²) in [7, 11) is 7.29. The molecule has 2 radical (unpaired) electrons. The molecule has 0 amide bonds. The molecule has 1 atom stereocenters. The van der Waals surface area contributed by atoms with E-state index in [1.165, 1.54) is 7.11 Å². The minimum atomic E-state index is -0.553. The van der Waals surface area contributed by atoms with Crippen LogP contribution in [0.25, 0.3) is 10.9 Å². The first kappa shape index (κ1) is 13.7. The zero-order valence-electron chi connectivity index (χ0n) is 11.5. The lowest BCUT2D eigenvalue weighted by Crippen LogP contribution is -2.21. The number of cyclic esters (lactones) is 1. The fourth-order valence-corrected chi connectivity index (χ4v) is 2.66. The summed E-state index contributed by atoms with van der Waals surface area (Å²) in [5.41, 5.74) is 3.08. The Hall–Kier alpha value is -2.31. The Kier molecular flexibility index (Phi) is 3.41. The maximum absolute atomic E-state index is 12.0. The summed E-state index contributed by atoms with van der Waals surface area (Å²) in [5.74, 6) is -1.38. The second-order valence-corrected chi connectivity index (χ2v) is 5.05. The molecule has 6 nitrogen and oxygen atoms in total. The van der Waals surface area contributed by atoms with Crippen molar-refractivity contribution in [2.24, 2.45) is 5.92 Å². The number of esters is 2. The second-order valence-electron chi connectivity index (χ2n) is 5.05. The fraction of sp³-hybridized carbons (Fsp3) is 0.357. The Labute approximate surface area is 122 Å². The van der Waals surface area contributed by atoms with Crippen LogP contribution in [0.1, 0.15) is 17.5 Å². The summed E-state index contributed by atoms with van der Waals surface area (Å²) >= 11 is 0. The highest BCUT2D eigenvalue weighted by Gasteiger charge is 2.29. The third-order valence-corrected chi connectivity index (χ3v) is 3.77. The number of hydrogen-bond acceptors (Lipinski definition) is 5. The number of hydrogen-bond donors (Lipinski definition) is 1. The fourth-order valence-electron chi connectivity index (χ4n) is 2.66. The highest BCUT2D eigenvalue weighted by atomic mass is 16.5. The lowest BCUT2D eigenvalue weighted by molar-refractivity contribution is -0.154. The van der Waals surface area contributed by atoms with Crippen molar-refractivity contribution < 1.29 is 19.1 Å². The van der Waals surface area contributed by atoms with Crippen LogP contribution < -0.4 is 5.46 Å². The highest BCUT2D eigenvalue weighted by molar-refractivity contribution is 6.38. The number of benzene rings is 1. The molecule has 0 bridgehead atoms. The Bertz CT molecular complexity index is 725. The molecule has 0 saturated carbocycles. The molecular formula is C14H13BN2O4. The first-order chi connectivity index (χ1) is 10.1. The maximum Gasteiger partial charge on any atom is 0.310 e. The van der Waals surface area contributed by atoms with E-state index in [-0.39, 0.29) is 13.0 Å². The summed E-state index contributed by atoms with van der Waals surface area (Å²) in [6.07, 6.45) is 2.06. The van der Waals surface area contributed by atoms with E-state index >= 15 is 0 Å². The van der Waals surface area contributed by atoms with E-state index in [1.54, 1.807) is 6.20 Å². The van der Waals surface area contributed by atoms with Crippen LogP contribution in [-0.4, -0.2) is 37.1 Å². The van der Waals surface area contributed by atoms with Gasteiger partial charge in [0.15, 0.2) is 0 Å². The number of carbonyl (C=O) groups excluding carboxylic acids is 2. The van der Waals surface area contributed by atoms with Crippen LogP contribution in [-0.2, 0) is 32.1 Å². The molecule has 0 fully saturated rings. The molecule has 106 valence electrons. The molecule has 0 aliphatic carbocycles. The predicted octanol–water partition coefficient (Wildman–Crippen LogP) is 0.135. The van der Waals surface area contributed by atoms with Crippen LogP contribution in [0, 0.1) is 5.92 Å². The summed E-state index contributed by atoms with van der Waals surface area (Å²) < 4.78 is 9.90. The van der Waals surface area contributed by atoms with Crippen LogP contribution in [0.4, 0.5) is 0 Å². The number of nitrogens with one attached hydrogen (secondary N) is 1. The van der Waals surface area contributed by atoms with Crippen molar-refractivity contribution in [2.45, 2.75) is 19.4 Å². The zero-order valence-corrected chi connectivity index (χ0v) is 11.5. The molecule has 1 aliphatic heterocycles. The number of aromatic amines is 1. The van der Waals surface area contributed by atoms with Gasteiger partial charge in [-0.3, -0.25) is 14.7 Å². The smallest absolute Gasteiger partial charge is 0.310 e. The minimum Gasteiger partial charge on any atom is -0.469 e. The van der Waals surface area contributed by atoms with Gasteiger partial charge < -0.3 is 9.47 Å². The third-order valence-electron chi connectivity index (χ3n) is 3.77. The average molecular weight is 284 g/mol. The van der Waals surface area contributed by atoms with Gasteiger partial charge in [-0.25, -0.2) is 0 Å². The topological polar surface area (TPSA) is 81.3 Å². The molecule has 2 heterocycles. The van der Waals surface area contributed by atoms with Crippen molar-refractivity contribution >= 4 is 36.2 Å². The normalized spacial score (nSPS) is 18.0. The number of methoxy groups -OCH3 is 1. The molecule has 7 heteroatoms. The molecule has 1 aromatic heterocycles. The molecule has 1 aromatic carbocycles. The summed E-state index contributed by atoms with van der Waals surface area (Å²) in [6, 6.07) is 1.81. The summed E-state index contributed by atoms with van der Waals surface area (Å²) in [6.45, 7) is 0.155. The van der Waals surface area contributed by atoms with E-state index in [2.05, 4.69) is 14.9 Å². The van der Waals surface area contributed by atoms with E-state index in [0.29, 0.717) is 11.9 Å². The number of H-pyrrole nitrogens is 1. The van der Waals surface area contributed by atoms with Gasteiger partial charge in [-0.15, -0.1) is 0 Å². The van der Waals surface area contributed by atoms with Gasteiger partial charge in [-0.1, -0.05) is 11.5 Å². The molecule has 21 heavy (non-hydrogen) atoms. The van der Waals surface area contributed by atoms with Gasteiger partial charge in [-0.05, 0) is 12.0 Å². The summed E-state index contributed by atoms with van der Waals surface area (Å²) in [5, 5.41) is 7.66. The van der Waals surface area contributed by atoms with Crippen molar-refractivity contribution in [1.29, 1.82) is 0 Å². The van der Waals surface area contributed by atoms with Crippen molar-refractivity contribution in [3.05, 3.63) is 23.4 Å². The van der Waals surface area contributed by atoms with Crippen molar-refractivity contribution in [3.63, 3.8) is 0 Å². The van der Waals surface area contributed by atoms with Gasteiger partial charge in [0.25, 0.3) is 0 Å². The molecule has 2 aromatic rings. The van der Waals surface area contributed by atoms with Crippen LogP contribution in [0.5, 0.6) is 0 Å². The van der Waals surface area contributed by atoms with Crippen LogP contribution in [0.2, 0.25) is 0 Å². The van der Waals surface area contributed by atoms with Crippen LogP contribution in [0.3, 0.4) is 0 Å². The molecule has 0 saturated heterocycles. The minimum absolute atomic E-state index is 0.00188. The lowest BCUT2D eigenvalue weighted by Gasteiger charge is -2.11. The predicted molar refractivity (Wildman–Crippen MR) is 75.1 cm³/mol. The lowest BCUT2D eigenvalue weighted by atomic mass is 9.86. The molecule has 0 unspecified atom stereocenters. The quantitative estimate of drug-likeness (QED) is 0.626. The molecule has 0 spiro atoms. The van der Waals surface area contributed by atoms with Crippen LogP contribution >= 0.6 is 0 Å². The Morgan fingerprint density at radius 2 is 2.43 bits per heavy atom. The Morgan fingerprint density at radius 1 is 1.62 bits per heavy atom. The van der Waals surface area contributed by atoms with E-state index < -0.39 is 17.9 Å². The number of carbonyl (C=O) groups is 2. The van der Waals surface area contributed by atoms with Gasteiger partial charge >= 0.3 is 11.9 Å². The van der Waals surface area contributed by atoms with Gasteiger partial charge in [0.1, 0.15) is 14.5 Å². The average Bonchev–Trinajstić information content (AvgIpc) is 2.90. The molecule has 1 aliphatic rings. The molecular weight excluding hydrogens is 271 g/mol. The largest absolute Gasteiger partial charge is 0.469 e. The van der Waals surface area contributed by atoms with Gasteiger partial charge in [0, 0.05) is 10.9 Å². The first-order valence-electron chi connectivity index (χ1n) is 6.57. The van der Waals surface area contributed by atoms with Gasteiger partial charge in [0.2, 0.25) is 0 Å². The van der Waals surface area contributed by atoms with Gasteiger partial charge in [0.05, 0.1) is 31.2 Å². The Balaban J connectivity index is 2.02. The SMILES string of the molecule is [B]c1cc2c(c3cn[nH]c13)COC(=O)[C@H](CC(=O)OC)C2. The van der Waals surface area contributed by atoms with Crippen molar-refractivity contribution in [1.82, 2.24) is 10.2 Å². The van der Waals surface area contributed by atoms with E-state index in [1.807, 2.05) is 6.07 Å². The summed E-state index contributed by atoms with van der Waals surface area (Å²) in [4.78, 5) is 23.4. The van der Waals surface area contributed by atoms with Crippen molar-refractivity contribution in [3.8, 4) is 0 Å². The third kappa shape index (κ3) is 2.39. The standard InChI is InChI=1S/C14H13BN2O4/c1-20-12(18)4-8-2-7-3-11(15)13-9(5-16-17-13)10(7)6-21-14(8)19/h3,5,8H,2,4,6H2,1H3,(H,16,17)/t8-/m0/s1. The van der Waals surface area contributed by atoms with E-state index in [4.69, 9.17) is 12.6 Å². The van der Waals surface area contributed by atoms with Crippen molar-refractivity contribution in [2.75, 3.05) is 7.11 Å². The second kappa shape index (κ2) is 5.23. The number of aromatic nitrogens is 2. The number of rotatable bonds is 2. The van der Waals surface area contributed by atoms with Crippen LogP contribution in [0.15, 0.2) is 12.3 Å². The number of nitrogens with zero attached hydrogens (tertiary/aromatic N) is 1. The maximum atomic E-state index is 12.0. The zero-order chi connectivity index (χ0) is 15.0. The highest BCUT2D eigenvalue weighted by Crippen LogP contribution is 2.27. The monoisotopic (exact) mass is 284 g/mol. The molecule has 3 rings (SSSR count).